The van der Waals surface area contributed by atoms with E-state index in [-0.39, 0.29) is 0 Å². The molecule has 1 unspecified atom stereocenters. The molecule has 0 fully saturated rings. The fourth-order valence-electron chi connectivity index (χ4n) is 2.01. The molecule has 4 heteroatoms. The molecule has 0 saturated carbocycles. The number of nitrogens with one attached hydrogen (secondary N) is 1. The third-order valence-corrected chi connectivity index (χ3v) is 3.55. The zero-order valence-electron chi connectivity index (χ0n) is 12.0. The number of hydrogen-bond donors (Lipinski definition) is 1. The van der Waals surface area contributed by atoms with Crippen LogP contribution in [0.3, 0.4) is 0 Å². The van der Waals surface area contributed by atoms with Crippen LogP contribution < -0.4 is 10.1 Å². The number of ether oxygens (including phenoxy) is 2. The van der Waals surface area contributed by atoms with Crippen molar-refractivity contribution in [2.24, 2.45) is 0 Å². The first-order valence-electron chi connectivity index (χ1n) is 6.87. The highest BCUT2D eigenvalue weighted by molar-refractivity contribution is 9.10. The largest absolute Gasteiger partial charge is 0.490 e. The smallest absolute Gasteiger partial charge is 0.133 e. The first-order valence-corrected chi connectivity index (χ1v) is 7.66. The van der Waals surface area contributed by atoms with E-state index >= 15 is 0 Å². The van der Waals surface area contributed by atoms with Crippen LogP contribution in [-0.2, 0) is 4.74 Å². The van der Waals surface area contributed by atoms with Crippen LogP contribution in [0, 0.1) is 0 Å². The van der Waals surface area contributed by atoms with E-state index in [0.29, 0.717) is 19.3 Å². The molecule has 0 aliphatic heterocycles. The number of methoxy groups -OCH3 is 1. The summed E-state index contributed by atoms with van der Waals surface area (Å²) in [5.41, 5.74) is 1.30. The molecule has 3 nitrogen and oxygen atoms in total. The van der Waals surface area contributed by atoms with Gasteiger partial charge in [-0.2, -0.15) is 0 Å². The lowest BCUT2D eigenvalue weighted by atomic mass is 10.0. The number of benzene rings is 1. The molecule has 1 N–H and O–H groups in total. The predicted molar refractivity (Wildman–Crippen MR) is 82.8 cm³/mol. The highest BCUT2D eigenvalue weighted by Gasteiger charge is 2.11. The molecule has 0 spiro atoms. The van der Waals surface area contributed by atoms with E-state index in [2.05, 4.69) is 47.2 Å². The summed E-state index contributed by atoms with van der Waals surface area (Å²) in [5.74, 6) is 0.868. The van der Waals surface area contributed by atoms with Gasteiger partial charge in [0, 0.05) is 13.2 Å². The average Bonchev–Trinajstić information content (AvgIpc) is 2.40. The first kappa shape index (κ1) is 16.5. The lowest BCUT2D eigenvalue weighted by molar-refractivity contribution is 0.146. The molecule has 0 aliphatic rings. The van der Waals surface area contributed by atoms with Crippen molar-refractivity contribution in [1.29, 1.82) is 0 Å². The van der Waals surface area contributed by atoms with Crippen LogP contribution in [0.15, 0.2) is 22.7 Å². The van der Waals surface area contributed by atoms with Crippen LogP contribution in [0.25, 0.3) is 0 Å². The van der Waals surface area contributed by atoms with E-state index in [4.69, 9.17) is 9.47 Å². The van der Waals surface area contributed by atoms with Crippen molar-refractivity contribution in [2.45, 2.75) is 32.7 Å². The lowest BCUT2D eigenvalue weighted by Gasteiger charge is -2.19. The third kappa shape index (κ3) is 5.51. The summed E-state index contributed by atoms with van der Waals surface area (Å²) in [5, 5.41) is 3.52. The van der Waals surface area contributed by atoms with Crippen LogP contribution in [0.2, 0.25) is 0 Å². The molecule has 0 radical (unpaired) electrons. The van der Waals surface area contributed by atoms with Crippen molar-refractivity contribution in [2.75, 3.05) is 26.9 Å². The van der Waals surface area contributed by atoms with Gasteiger partial charge in [-0.25, -0.2) is 0 Å². The minimum Gasteiger partial charge on any atom is -0.490 e. The molecule has 0 heterocycles. The van der Waals surface area contributed by atoms with Crippen molar-refractivity contribution in [1.82, 2.24) is 5.32 Å². The van der Waals surface area contributed by atoms with Crippen LogP contribution in [0.1, 0.15) is 38.3 Å². The average molecular weight is 330 g/mol. The molecule has 1 atom stereocenters. The van der Waals surface area contributed by atoms with E-state index in [0.717, 1.165) is 23.2 Å². The van der Waals surface area contributed by atoms with Crippen LogP contribution in [0.5, 0.6) is 5.75 Å². The minimum atomic E-state index is 0.416. The van der Waals surface area contributed by atoms with Gasteiger partial charge in [0.1, 0.15) is 12.4 Å². The van der Waals surface area contributed by atoms with Gasteiger partial charge >= 0.3 is 0 Å². The van der Waals surface area contributed by atoms with E-state index in [1.807, 2.05) is 6.07 Å². The fraction of sp³-hybridized carbons (Fsp3) is 0.600. The third-order valence-electron chi connectivity index (χ3n) is 2.93. The van der Waals surface area contributed by atoms with E-state index < -0.39 is 0 Å². The van der Waals surface area contributed by atoms with Gasteiger partial charge in [-0.05, 0) is 46.6 Å². The Morgan fingerprint density at radius 3 is 2.63 bits per heavy atom. The van der Waals surface area contributed by atoms with Crippen LogP contribution in [0.4, 0.5) is 0 Å². The first-order chi connectivity index (χ1) is 9.22. The summed E-state index contributed by atoms with van der Waals surface area (Å²) in [6.07, 6.45) is 2.31. The van der Waals surface area contributed by atoms with Crippen LogP contribution >= 0.6 is 15.9 Å². The maximum atomic E-state index is 5.64. The monoisotopic (exact) mass is 329 g/mol. The Morgan fingerprint density at radius 1 is 1.26 bits per heavy atom. The van der Waals surface area contributed by atoms with Gasteiger partial charge in [-0.15, -0.1) is 0 Å². The van der Waals surface area contributed by atoms with Crippen molar-refractivity contribution >= 4 is 15.9 Å². The second-order valence-corrected chi connectivity index (χ2v) is 5.28. The summed E-state index contributed by atoms with van der Waals surface area (Å²) in [6.45, 7) is 6.50. The van der Waals surface area contributed by atoms with Gasteiger partial charge in [0.05, 0.1) is 11.1 Å². The van der Waals surface area contributed by atoms with Gasteiger partial charge in [0.15, 0.2) is 0 Å². The molecule has 1 rings (SSSR count). The van der Waals surface area contributed by atoms with Gasteiger partial charge in [0.25, 0.3) is 0 Å². The van der Waals surface area contributed by atoms with Gasteiger partial charge in [0.2, 0.25) is 0 Å². The quantitative estimate of drug-likeness (QED) is 0.696. The molecular formula is C15H24BrNO2. The van der Waals surface area contributed by atoms with E-state index in [9.17, 15) is 0 Å². The van der Waals surface area contributed by atoms with Gasteiger partial charge in [-0.3, -0.25) is 0 Å². The lowest BCUT2D eigenvalue weighted by Crippen LogP contribution is -2.20. The summed E-state index contributed by atoms with van der Waals surface area (Å²) in [4.78, 5) is 0. The summed E-state index contributed by atoms with van der Waals surface area (Å²) < 4.78 is 11.6. The molecule has 0 aliphatic carbocycles. The Balaban J connectivity index is 2.73. The highest BCUT2D eigenvalue weighted by atomic mass is 79.9. The highest BCUT2D eigenvalue weighted by Crippen LogP contribution is 2.29. The molecule has 1 aromatic rings. The Kier molecular flexibility index (Phi) is 8.10. The molecular weight excluding hydrogens is 306 g/mol. The van der Waals surface area contributed by atoms with Gasteiger partial charge in [-0.1, -0.05) is 26.3 Å². The number of halogens is 1. The second kappa shape index (κ2) is 9.34. The molecule has 0 bridgehead atoms. The summed E-state index contributed by atoms with van der Waals surface area (Å²) in [6, 6.07) is 6.72. The van der Waals surface area contributed by atoms with Crippen molar-refractivity contribution in [3.63, 3.8) is 0 Å². The molecule has 0 amide bonds. The van der Waals surface area contributed by atoms with Crippen molar-refractivity contribution in [3.05, 3.63) is 28.2 Å². The molecule has 0 aromatic heterocycles. The summed E-state index contributed by atoms with van der Waals surface area (Å²) >= 11 is 3.58. The molecule has 108 valence electrons. The summed E-state index contributed by atoms with van der Waals surface area (Å²) in [7, 11) is 1.67. The fourth-order valence-corrected chi connectivity index (χ4v) is 2.52. The maximum absolute atomic E-state index is 5.64. The minimum absolute atomic E-state index is 0.416. The van der Waals surface area contributed by atoms with Crippen LogP contribution in [-0.4, -0.2) is 26.9 Å². The van der Waals surface area contributed by atoms with E-state index in [1.54, 1.807) is 7.11 Å². The Labute approximate surface area is 124 Å². The normalized spacial score (nSPS) is 12.4. The predicted octanol–water partition coefficient (Wildman–Crippen LogP) is 3.93. The Bertz CT molecular complexity index is 365. The second-order valence-electron chi connectivity index (χ2n) is 4.43. The topological polar surface area (TPSA) is 30.5 Å². The number of hydrogen-bond acceptors (Lipinski definition) is 3. The standard InChI is InChI=1S/C15H24BrNO2/c1-4-6-14(17-5-2)12-7-8-15(13(16)11-12)19-10-9-18-3/h7-8,11,14,17H,4-6,9-10H2,1-3H3. The Hall–Kier alpha value is -0.580. The van der Waals surface area contributed by atoms with E-state index in [1.165, 1.54) is 12.0 Å². The SMILES string of the molecule is CCCC(NCC)c1ccc(OCCOC)c(Br)c1. The molecule has 0 saturated heterocycles. The zero-order chi connectivity index (χ0) is 14.1. The zero-order valence-corrected chi connectivity index (χ0v) is 13.6. The number of rotatable bonds is 9. The molecule has 19 heavy (non-hydrogen) atoms. The van der Waals surface area contributed by atoms with Gasteiger partial charge < -0.3 is 14.8 Å². The van der Waals surface area contributed by atoms with Crippen molar-refractivity contribution in [3.8, 4) is 5.75 Å². The van der Waals surface area contributed by atoms with Crippen molar-refractivity contribution < 1.29 is 9.47 Å². The maximum Gasteiger partial charge on any atom is 0.133 e. The molecule has 1 aromatic carbocycles. The Morgan fingerprint density at radius 2 is 2.05 bits per heavy atom.